The number of aromatic nitrogens is 2. The first-order chi connectivity index (χ1) is 14.8. The Morgan fingerprint density at radius 3 is 2.19 bits per heavy atom. The summed E-state index contributed by atoms with van der Waals surface area (Å²) >= 11 is 0. The number of likely N-dealkylation sites (tertiary alicyclic amines) is 2. The van der Waals surface area contributed by atoms with E-state index in [1.165, 1.54) is 83.4 Å². The van der Waals surface area contributed by atoms with Gasteiger partial charge < -0.3 is 9.80 Å². The number of hydrogen-bond acceptors (Lipinski definition) is 4. The van der Waals surface area contributed by atoms with Crippen molar-refractivity contribution in [2.45, 2.75) is 78.7 Å². The Morgan fingerprint density at radius 2 is 1.65 bits per heavy atom. The number of Topliss-reactive ketones (excluding diaryl/α,β-unsaturated/α-hetero) is 1. The molecule has 0 unspecified atom stereocenters. The molecule has 2 aliphatic heterocycles. The highest BCUT2D eigenvalue weighted by Crippen LogP contribution is 2.53. The molecule has 3 aliphatic rings. The van der Waals surface area contributed by atoms with Crippen LogP contribution >= 0.6 is 0 Å². The molecule has 2 saturated heterocycles. The molecule has 0 aromatic carbocycles. The van der Waals surface area contributed by atoms with Crippen LogP contribution in [0.1, 0.15) is 77.7 Å². The molecule has 4 rings (SSSR count). The van der Waals surface area contributed by atoms with Gasteiger partial charge in [-0.25, -0.2) is 0 Å². The zero-order chi connectivity index (χ0) is 22.0. The van der Waals surface area contributed by atoms with Crippen LogP contribution < -0.4 is 0 Å². The second kappa shape index (κ2) is 9.74. The van der Waals surface area contributed by atoms with Crippen LogP contribution in [0.15, 0.2) is 12.4 Å². The topological polar surface area (TPSA) is 41.4 Å². The van der Waals surface area contributed by atoms with Crippen LogP contribution in [-0.2, 0) is 11.3 Å². The van der Waals surface area contributed by atoms with Crippen LogP contribution in [0.25, 0.3) is 0 Å². The van der Waals surface area contributed by atoms with Gasteiger partial charge >= 0.3 is 0 Å². The Hall–Kier alpha value is -1.20. The van der Waals surface area contributed by atoms with Crippen molar-refractivity contribution in [2.75, 3.05) is 39.3 Å². The van der Waals surface area contributed by atoms with Crippen molar-refractivity contribution in [1.29, 1.82) is 0 Å². The van der Waals surface area contributed by atoms with E-state index in [0.717, 1.165) is 12.5 Å². The summed E-state index contributed by atoms with van der Waals surface area (Å²) in [5, 5.41) is 4.57. The SMILES string of the molecule is CC(C)C(=O)C1CC2(CCN(CCN3CCC(Cn4cc(C(C)C)cn4)CC3)CC2)C1. The van der Waals surface area contributed by atoms with Gasteiger partial charge in [0.2, 0.25) is 0 Å². The molecule has 0 atom stereocenters. The van der Waals surface area contributed by atoms with E-state index in [1.54, 1.807) is 0 Å². The minimum absolute atomic E-state index is 0.212. The van der Waals surface area contributed by atoms with E-state index in [0.29, 0.717) is 23.0 Å². The summed E-state index contributed by atoms with van der Waals surface area (Å²) in [4.78, 5) is 17.6. The third-order valence-corrected chi connectivity index (χ3v) is 8.45. The van der Waals surface area contributed by atoms with E-state index in [-0.39, 0.29) is 5.92 Å². The molecule has 1 spiro atoms. The molecule has 5 heteroatoms. The lowest BCUT2D eigenvalue weighted by Crippen LogP contribution is -2.50. The van der Waals surface area contributed by atoms with Gasteiger partial charge in [-0.15, -0.1) is 0 Å². The van der Waals surface area contributed by atoms with E-state index in [1.807, 2.05) is 6.20 Å². The fraction of sp³-hybridized carbons (Fsp3) is 0.846. The smallest absolute Gasteiger partial charge is 0.138 e. The number of ketones is 1. The number of rotatable bonds is 8. The second-order valence-electron chi connectivity index (χ2n) is 11.4. The van der Waals surface area contributed by atoms with Crippen LogP contribution in [0.5, 0.6) is 0 Å². The highest BCUT2D eigenvalue weighted by atomic mass is 16.1. The van der Waals surface area contributed by atoms with Gasteiger partial charge in [0.15, 0.2) is 0 Å². The van der Waals surface area contributed by atoms with Crippen molar-refractivity contribution < 1.29 is 4.79 Å². The molecule has 0 amide bonds. The zero-order valence-corrected chi connectivity index (χ0v) is 20.4. The van der Waals surface area contributed by atoms with Crippen LogP contribution in [0.3, 0.4) is 0 Å². The third-order valence-electron chi connectivity index (χ3n) is 8.45. The summed E-state index contributed by atoms with van der Waals surface area (Å²) in [6.45, 7) is 17.0. The lowest BCUT2D eigenvalue weighted by atomic mass is 9.56. The van der Waals surface area contributed by atoms with Crippen LogP contribution in [0.4, 0.5) is 0 Å². The average molecular weight is 429 g/mol. The molecule has 174 valence electrons. The standard InChI is InChI=1S/C26H44N4O/c1-20(2)24-17-27-30(19-24)18-22-5-9-28(10-6-22)13-14-29-11-7-26(8-12-29)15-23(16-26)25(31)21(3)4/h17,19-23H,5-16,18H2,1-4H3. The predicted molar refractivity (Wildman–Crippen MR) is 126 cm³/mol. The number of hydrogen-bond donors (Lipinski definition) is 0. The Bertz CT molecular complexity index is 716. The summed E-state index contributed by atoms with van der Waals surface area (Å²) in [7, 11) is 0. The first-order valence-corrected chi connectivity index (χ1v) is 12.8. The fourth-order valence-electron chi connectivity index (χ4n) is 6.03. The summed E-state index contributed by atoms with van der Waals surface area (Å²) in [5.74, 6) is 2.42. The number of carbonyl (C=O) groups excluding carboxylic acids is 1. The number of piperidine rings is 2. The van der Waals surface area contributed by atoms with E-state index < -0.39 is 0 Å². The average Bonchev–Trinajstić information content (AvgIpc) is 3.20. The Labute approximate surface area is 189 Å². The minimum Gasteiger partial charge on any atom is -0.302 e. The van der Waals surface area contributed by atoms with Crippen molar-refractivity contribution in [3.63, 3.8) is 0 Å². The second-order valence-corrected chi connectivity index (χ2v) is 11.4. The molecule has 3 heterocycles. The maximum Gasteiger partial charge on any atom is 0.138 e. The highest BCUT2D eigenvalue weighted by molar-refractivity contribution is 5.83. The molecule has 5 nitrogen and oxygen atoms in total. The Kier molecular flexibility index (Phi) is 7.22. The van der Waals surface area contributed by atoms with Crippen LogP contribution in [0.2, 0.25) is 0 Å². The molecule has 0 radical (unpaired) electrons. The molecule has 0 N–H and O–H groups in total. The van der Waals surface area contributed by atoms with Crippen molar-refractivity contribution in [1.82, 2.24) is 19.6 Å². The van der Waals surface area contributed by atoms with E-state index in [4.69, 9.17) is 0 Å². The number of carbonyl (C=O) groups is 1. The van der Waals surface area contributed by atoms with Gasteiger partial charge in [-0.1, -0.05) is 27.7 Å². The number of nitrogens with zero attached hydrogens (tertiary/aromatic N) is 4. The van der Waals surface area contributed by atoms with Crippen molar-refractivity contribution in [2.24, 2.45) is 23.2 Å². The van der Waals surface area contributed by atoms with E-state index >= 15 is 0 Å². The maximum absolute atomic E-state index is 12.2. The van der Waals surface area contributed by atoms with Crippen LogP contribution in [0, 0.1) is 23.2 Å². The molecule has 1 aromatic heterocycles. The van der Waals surface area contributed by atoms with Gasteiger partial charge in [0, 0.05) is 37.7 Å². The summed E-state index contributed by atoms with van der Waals surface area (Å²) < 4.78 is 2.17. The lowest BCUT2D eigenvalue weighted by Gasteiger charge is -2.52. The van der Waals surface area contributed by atoms with Gasteiger partial charge in [0.05, 0.1) is 6.20 Å². The molecule has 31 heavy (non-hydrogen) atoms. The highest BCUT2D eigenvalue weighted by Gasteiger charge is 2.48. The summed E-state index contributed by atoms with van der Waals surface area (Å²) in [6, 6.07) is 0. The molecule has 3 fully saturated rings. The van der Waals surface area contributed by atoms with Crippen molar-refractivity contribution in [3.05, 3.63) is 18.0 Å². The predicted octanol–water partition coefficient (Wildman–Crippen LogP) is 4.44. The quantitative estimate of drug-likeness (QED) is 0.614. The van der Waals surface area contributed by atoms with Gasteiger partial charge in [0.25, 0.3) is 0 Å². The third kappa shape index (κ3) is 5.60. The van der Waals surface area contributed by atoms with Crippen molar-refractivity contribution >= 4 is 5.78 Å². The first-order valence-electron chi connectivity index (χ1n) is 12.8. The summed E-state index contributed by atoms with van der Waals surface area (Å²) in [6.07, 6.45) is 11.8. The molecule has 1 aliphatic carbocycles. The first kappa shape index (κ1) is 23.0. The van der Waals surface area contributed by atoms with Crippen LogP contribution in [-0.4, -0.2) is 64.6 Å². The van der Waals surface area contributed by atoms with Crippen molar-refractivity contribution in [3.8, 4) is 0 Å². The normalized spacial score (nSPS) is 23.7. The molecule has 1 aromatic rings. The van der Waals surface area contributed by atoms with E-state index in [2.05, 4.69) is 53.5 Å². The maximum atomic E-state index is 12.2. The lowest BCUT2D eigenvalue weighted by molar-refractivity contribution is -0.135. The van der Waals surface area contributed by atoms with Gasteiger partial charge in [-0.2, -0.15) is 5.10 Å². The summed E-state index contributed by atoms with van der Waals surface area (Å²) in [5.41, 5.74) is 1.86. The molecule has 0 bridgehead atoms. The minimum atomic E-state index is 0.212. The monoisotopic (exact) mass is 428 g/mol. The zero-order valence-electron chi connectivity index (χ0n) is 20.4. The Morgan fingerprint density at radius 1 is 1.03 bits per heavy atom. The largest absolute Gasteiger partial charge is 0.302 e. The Balaban J connectivity index is 1.11. The van der Waals surface area contributed by atoms with Gasteiger partial charge in [-0.05, 0) is 87.5 Å². The molecular weight excluding hydrogens is 384 g/mol. The van der Waals surface area contributed by atoms with E-state index in [9.17, 15) is 4.79 Å². The molecule has 1 saturated carbocycles. The van der Waals surface area contributed by atoms with Gasteiger partial charge in [0.1, 0.15) is 5.78 Å². The molecular formula is C26H44N4O. The fourth-order valence-corrected chi connectivity index (χ4v) is 6.03. The van der Waals surface area contributed by atoms with Gasteiger partial charge in [-0.3, -0.25) is 9.48 Å².